The molecular weight excluding hydrogens is 348 g/mol. The van der Waals surface area contributed by atoms with E-state index in [0.717, 1.165) is 37.4 Å². The zero-order valence-electron chi connectivity index (χ0n) is 15.6. The maximum Gasteiger partial charge on any atom is 0.237 e. The summed E-state index contributed by atoms with van der Waals surface area (Å²) in [6.45, 7) is 6.46. The van der Waals surface area contributed by atoms with Crippen LogP contribution in [0.25, 0.3) is 0 Å². The van der Waals surface area contributed by atoms with Crippen LogP contribution in [0.2, 0.25) is 0 Å². The minimum Gasteiger partial charge on any atom is -0.369 e. The number of carbonyl (C=O) groups excluding carboxylic acids is 1. The van der Waals surface area contributed by atoms with Crippen molar-refractivity contribution in [3.8, 4) is 0 Å². The summed E-state index contributed by atoms with van der Waals surface area (Å²) in [5.41, 5.74) is 1.80. The molecule has 1 saturated heterocycles. The fourth-order valence-electron chi connectivity index (χ4n) is 3.34. The average Bonchev–Trinajstić information content (AvgIpc) is 2.67. The molecule has 0 radical (unpaired) electrons. The molecule has 2 aromatic carbocycles. The van der Waals surface area contributed by atoms with E-state index in [-0.39, 0.29) is 17.5 Å². The highest BCUT2D eigenvalue weighted by Gasteiger charge is 2.21. The van der Waals surface area contributed by atoms with Crippen molar-refractivity contribution in [3.05, 3.63) is 65.7 Å². The Balaban J connectivity index is 1.51. The van der Waals surface area contributed by atoms with Gasteiger partial charge in [-0.05, 0) is 48.9 Å². The molecule has 1 aliphatic rings. The number of piperazine rings is 1. The third kappa shape index (κ3) is 5.26. The topological polar surface area (TPSA) is 26.8 Å². The third-order valence-electron chi connectivity index (χ3n) is 4.92. The van der Waals surface area contributed by atoms with Gasteiger partial charge in [0.2, 0.25) is 5.91 Å². The molecule has 4 nitrogen and oxygen atoms in total. The van der Waals surface area contributed by atoms with E-state index in [1.54, 1.807) is 23.1 Å². The lowest BCUT2D eigenvalue weighted by molar-refractivity contribution is -0.132. The second kappa shape index (κ2) is 8.95. The van der Waals surface area contributed by atoms with Gasteiger partial charge in [-0.25, -0.2) is 8.78 Å². The summed E-state index contributed by atoms with van der Waals surface area (Å²) in [6, 6.07) is 12.9. The highest BCUT2D eigenvalue weighted by molar-refractivity contribution is 5.78. The normalized spacial score (nSPS) is 15.0. The van der Waals surface area contributed by atoms with Crippen molar-refractivity contribution in [1.82, 2.24) is 9.80 Å². The van der Waals surface area contributed by atoms with Crippen LogP contribution in [0, 0.1) is 11.6 Å². The van der Waals surface area contributed by atoms with Gasteiger partial charge in [0, 0.05) is 45.0 Å². The summed E-state index contributed by atoms with van der Waals surface area (Å²) < 4.78 is 26.4. The van der Waals surface area contributed by atoms with Gasteiger partial charge >= 0.3 is 0 Å². The number of benzene rings is 2. The van der Waals surface area contributed by atoms with Crippen LogP contribution in [0.5, 0.6) is 0 Å². The van der Waals surface area contributed by atoms with Gasteiger partial charge < -0.3 is 9.80 Å². The molecule has 1 heterocycles. The largest absolute Gasteiger partial charge is 0.369 e. The Morgan fingerprint density at radius 1 is 1.00 bits per heavy atom. The molecule has 0 unspecified atom stereocenters. The van der Waals surface area contributed by atoms with Gasteiger partial charge in [-0.2, -0.15) is 0 Å². The summed E-state index contributed by atoms with van der Waals surface area (Å²) >= 11 is 0. The van der Waals surface area contributed by atoms with E-state index in [2.05, 4.69) is 9.80 Å². The van der Waals surface area contributed by atoms with E-state index in [1.807, 2.05) is 13.0 Å². The molecule has 27 heavy (non-hydrogen) atoms. The van der Waals surface area contributed by atoms with Gasteiger partial charge in [-0.3, -0.25) is 9.69 Å². The number of likely N-dealkylation sites (N-methyl/N-ethyl adjacent to an activating group) is 1. The van der Waals surface area contributed by atoms with E-state index in [1.165, 1.54) is 24.3 Å². The number of amides is 1. The van der Waals surface area contributed by atoms with Crippen LogP contribution in [-0.2, 0) is 11.3 Å². The molecule has 0 aliphatic carbocycles. The number of nitrogens with zero attached hydrogens (tertiary/aromatic N) is 3. The van der Waals surface area contributed by atoms with Crippen molar-refractivity contribution in [1.29, 1.82) is 0 Å². The lowest BCUT2D eigenvalue weighted by Gasteiger charge is -2.36. The quantitative estimate of drug-likeness (QED) is 0.778. The number of hydrogen-bond acceptors (Lipinski definition) is 3. The fraction of sp³-hybridized carbons (Fsp3) is 0.381. The van der Waals surface area contributed by atoms with Crippen molar-refractivity contribution in [2.24, 2.45) is 0 Å². The Morgan fingerprint density at radius 2 is 1.70 bits per heavy atom. The summed E-state index contributed by atoms with van der Waals surface area (Å²) in [5, 5.41) is 0. The third-order valence-corrected chi connectivity index (χ3v) is 4.92. The first kappa shape index (κ1) is 19.3. The van der Waals surface area contributed by atoms with Gasteiger partial charge in [0.1, 0.15) is 11.6 Å². The molecule has 6 heteroatoms. The zero-order chi connectivity index (χ0) is 19.2. The fourth-order valence-corrected chi connectivity index (χ4v) is 3.34. The van der Waals surface area contributed by atoms with Crippen LogP contribution in [-0.4, -0.2) is 55.0 Å². The number of hydrogen-bond donors (Lipinski definition) is 0. The Morgan fingerprint density at radius 3 is 2.33 bits per heavy atom. The van der Waals surface area contributed by atoms with Crippen molar-refractivity contribution < 1.29 is 13.6 Å². The lowest BCUT2D eigenvalue weighted by Crippen LogP contribution is -2.50. The Hall–Kier alpha value is -2.47. The molecule has 0 saturated carbocycles. The summed E-state index contributed by atoms with van der Waals surface area (Å²) in [5.74, 6) is -0.467. The molecule has 0 aromatic heterocycles. The average molecular weight is 373 g/mol. The molecule has 0 bridgehead atoms. The Bertz CT molecular complexity index is 758. The summed E-state index contributed by atoms with van der Waals surface area (Å²) in [4.78, 5) is 18.7. The van der Waals surface area contributed by atoms with Crippen LogP contribution in [0.3, 0.4) is 0 Å². The Labute approximate surface area is 159 Å². The first-order valence-electron chi connectivity index (χ1n) is 9.30. The molecule has 1 aliphatic heterocycles. The molecule has 0 spiro atoms. The van der Waals surface area contributed by atoms with E-state index < -0.39 is 0 Å². The molecule has 1 amide bonds. The van der Waals surface area contributed by atoms with Gasteiger partial charge in [-0.1, -0.05) is 12.1 Å². The van der Waals surface area contributed by atoms with E-state index in [4.69, 9.17) is 0 Å². The minimum absolute atomic E-state index is 0.0528. The zero-order valence-corrected chi connectivity index (χ0v) is 15.6. The van der Waals surface area contributed by atoms with Crippen LogP contribution < -0.4 is 4.90 Å². The number of anilines is 1. The van der Waals surface area contributed by atoms with Crippen molar-refractivity contribution in [2.45, 2.75) is 13.5 Å². The van der Waals surface area contributed by atoms with Crippen LogP contribution >= 0.6 is 0 Å². The molecule has 2 aromatic rings. The molecule has 0 atom stereocenters. The highest BCUT2D eigenvalue weighted by atomic mass is 19.1. The van der Waals surface area contributed by atoms with Crippen LogP contribution in [0.15, 0.2) is 48.5 Å². The van der Waals surface area contributed by atoms with Crippen molar-refractivity contribution in [3.63, 3.8) is 0 Å². The minimum atomic E-state index is -0.284. The van der Waals surface area contributed by atoms with E-state index in [0.29, 0.717) is 19.6 Å². The highest BCUT2D eigenvalue weighted by Crippen LogP contribution is 2.17. The van der Waals surface area contributed by atoms with Crippen LogP contribution in [0.1, 0.15) is 12.5 Å². The lowest BCUT2D eigenvalue weighted by atomic mass is 10.2. The number of carbonyl (C=O) groups is 1. The molecule has 3 rings (SSSR count). The smallest absolute Gasteiger partial charge is 0.237 e. The van der Waals surface area contributed by atoms with Crippen molar-refractivity contribution in [2.75, 3.05) is 44.2 Å². The summed E-state index contributed by atoms with van der Waals surface area (Å²) in [7, 11) is 0. The monoisotopic (exact) mass is 373 g/mol. The second-order valence-corrected chi connectivity index (χ2v) is 6.78. The van der Waals surface area contributed by atoms with Crippen LogP contribution in [0.4, 0.5) is 14.5 Å². The SMILES string of the molecule is CCN(Cc1cccc(F)c1)C(=O)CN1CCN(c2ccc(F)cc2)CC1. The predicted molar refractivity (Wildman–Crippen MR) is 103 cm³/mol. The maximum absolute atomic E-state index is 13.4. The standard InChI is InChI=1S/C21H25F2N3O/c1-2-25(15-17-4-3-5-19(23)14-17)21(27)16-24-10-12-26(13-11-24)20-8-6-18(22)7-9-20/h3-9,14H,2,10-13,15-16H2,1H3. The molecular formula is C21H25F2N3O. The second-order valence-electron chi connectivity index (χ2n) is 6.78. The predicted octanol–water partition coefficient (Wildman–Crippen LogP) is 3.14. The van der Waals surface area contributed by atoms with Gasteiger partial charge in [0.15, 0.2) is 0 Å². The van der Waals surface area contributed by atoms with E-state index in [9.17, 15) is 13.6 Å². The maximum atomic E-state index is 13.4. The van der Waals surface area contributed by atoms with Gasteiger partial charge in [-0.15, -0.1) is 0 Å². The van der Waals surface area contributed by atoms with Gasteiger partial charge in [0.25, 0.3) is 0 Å². The molecule has 144 valence electrons. The number of halogens is 2. The summed E-state index contributed by atoms with van der Waals surface area (Å²) in [6.07, 6.45) is 0. The number of rotatable bonds is 6. The first-order chi connectivity index (χ1) is 13.0. The Kier molecular flexibility index (Phi) is 6.40. The van der Waals surface area contributed by atoms with Crippen molar-refractivity contribution >= 4 is 11.6 Å². The first-order valence-corrected chi connectivity index (χ1v) is 9.30. The molecule has 0 N–H and O–H groups in total. The molecule has 1 fully saturated rings. The van der Waals surface area contributed by atoms with E-state index >= 15 is 0 Å². The van der Waals surface area contributed by atoms with Gasteiger partial charge in [0.05, 0.1) is 6.54 Å².